The molecular formula is C44H46N6O7. The van der Waals surface area contributed by atoms with E-state index in [4.69, 9.17) is 40.1 Å². The molecule has 2 fully saturated rings. The Labute approximate surface area is 329 Å². The van der Waals surface area contributed by atoms with Crippen molar-refractivity contribution < 1.29 is 28.5 Å². The van der Waals surface area contributed by atoms with E-state index in [2.05, 4.69) is 22.2 Å². The third-order valence-corrected chi connectivity index (χ3v) is 12.7. The van der Waals surface area contributed by atoms with Gasteiger partial charge in [-0.3, -0.25) is 9.79 Å². The first-order valence-electron chi connectivity index (χ1n) is 20.0. The maximum absolute atomic E-state index is 14.3. The molecule has 57 heavy (non-hydrogen) atoms. The fourth-order valence-corrected chi connectivity index (χ4v) is 10.0. The largest absolute Gasteiger partial charge is 0.507 e. The average molecular weight is 771 g/mol. The van der Waals surface area contributed by atoms with E-state index in [0.717, 1.165) is 78.0 Å². The molecule has 5 aliphatic heterocycles. The monoisotopic (exact) mass is 770 g/mol. The number of aryl methyl sites for hydroxylation is 2. The van der Waals surface area contributed by atoms with Crippen molar-refractivity contribution in [3.8, 4) is 22.8 Å². The lowest BCUT2D eigenvalue weighted by atomic mass is 9.77. The minimum atomic E-state index is -1.07. The number of phenolic OH excluding ortho intramolecular Hbond substituents is 1. The van der Waals surface area contributed by atoms with Crippen LogP contribution in [0.3, 0.4) is 0 Å². The van der Waals surface area contributed by atoms with Gasteiger partial charge in [-0.2, -0.15) is 0 Å². The van der Waals surface area contributed by atoms with E-state index in [1.165, 1.54) is 11.6 Å². The van der Waals surface area contributed by atoms with Crippen molar-refractivity contribution in [2.45, 2.75) is 114 Å². The number of epoxide rings is 1. The van der Waals surface area contributed by atoms with Crippen molar-refractivity contribution in [3.05, 3.63) is 91.7 Å². The molecule has 294 valence electrons. The number of nitrogens with zero attached hydrogens (tertiary/aromatic N) is 4. The number of aromatic nitrogens is 2. The quantitative estimate of drug-likeness (QED) is 0.156. The van der Waals surface area contributed by atoms with Crippen molar-refractivity contribution in [1.82, 2.24) is 14.9 Å². The number of benzene rings is 1. The SMILES string of the molecule is Cc1cc(=O)c2c(O)c3c(cc2o1)OC(C)(C)C1OC(=O)C2(CCCCC31)OC2CCc1cc(N)nc2c1CCCc1c-2cc(CN2C=C3N=CC=C3C2)nc1N. The van der Waals surface area contributed by atoms with Gasteiger partial charge in [0.05, 0.1) is 29.7 Å². The predicted octanol–water partition coefficient (Wildman–Crippen LogP) is 6.10. The van der Waals surface area contributed by atoms with Gasteiger partial charge >= 0.3 is 5.97 Å². The molecule has 13 heteroatoms. The zero-order valence-electron chi connectivity index (χ0n) is 32.4. The molecule has 4 aromatic rings. The molecule has 1 spiro atoms. The zero-order chi connectivity index (χ0) is 39.4. The second kappa shape index (κ2) is 12.9. The van der Waals surface area contributed by atoms with Gasteiger partial charge in [-0.25, -0.2) is 14.8 Å². The van der Waals surface area contributed by atoms with E-state index in [9.17, 15) is 14.7 Å². The van der Waals surface area contributed by atoms with E-state index in [0.29, 0.717) is 60.9 Å². The van der Waals surface area contributed by atoms with Crippen LogP contribution in [0.5, 0.6) is 11.5 Å². The standard InChI is InChI=1S/C44H46N6O7/c1-22-15-31(51)37-32(54-22)18-33-36(39(37)52)28-7-4-5-13-44(42(53)55-40(28)43(2,3)56-33)34(57-44)11-10-23-16-35(45)49-38-26(23)8-6-9-27-29(38)17-25(48-41(27)46)20-50-19-24-12-14-47-30(24)21-50/h12,14-18,21,28,34,40,52H,4-11,13,19-20H2,1-3H3,(H2,45,49)(H2,46,48). The summed E-state index contributed by atoms with van der Waals surface area (Å²) < 4.78 is 25.0. The summed E-state index contributed by atoms with van der Waals surface area (Å²) in [6.45, 7) is 6.84. The summed E-state index contributed by atoms with van der Waals surface area (Å²) in [6.07, 6.45) is 11.3. The number of carbonyl (C=O) groups is 1. The van der Waals surface area contributed by atoms with Gasteiger partial charge in [0.15, 0.2) is 11.0 Å². The first-order valence-corrected chi connectivity index (χ1v) is 20.0. The van der Waals surface area contributed by atoms with Crippen LogP contribution in [-0.2, 0) is 40.1 Å². The normalized spacial score (nSPS) is 25.4. The fourth-order valence-electron chi connectivity index (χ4n) is 10.0. The maximum Gasteiger partial charge on any atom is 0.341 e. The lowest BCUT2D eigenvalue weighted by Gasteiger charge is -2.44. The molecule has 6 aliphatic rings. The van der Waals surface area contributed by atoms with Crippen LogP contribution in [-0.4, -0.2) is 62.1 Å². The number of nitrogens with two attached hydrogens (primary N) is 2. The number of hydrogen-bond acceptors (Lipinski definition) is 13. The molecule has 5 N–H and O–H groups in total. The number of ether oxygens (including phenoxy) is 3. The highest BCUT2D eigenvalue weighted by Gasteiger charge is 2.64. The Morgan fingerprint density at radius 1 is 1.04 bits per heavy atom. The zero-order valence-corrected chi connectivity index (χ0v) is 32.4. The summed E-state index contributed by atoms with van der Waals surface area (Å²) in [6, 6.07) is 7.11. The van der Waals surface area contributed by atoms with E-state index < -0.39 is 29.2 Å². The van der Waals surface area contributed by atoms with Crippen LogP contribution in [0.25, 0.3) is 22.2 Å². The molecule has 4 atom stereocenters. The highest BCUT2D eigenvalue weighted by Crippen LogP contribution is 2.54. The second-order valence-electron chi connectivity index (χ2n) is 17.0. The van der Waals surface area contributed by atoms with Crippen molar-refractivity contribution in [1.29, 1.82) is 0 Å². The number of allylic oxidation sites excluding steroid dienone is 1. The number of pyridine rings is 2. The molecule has 0 bridgehead atoms. The molecule has 1 aliphatic carbocycles. The predicted molar refractivity (Wildman–Crippen MR) is 214 cm³/mol. The molecule has 0 saturated carbocycles. The van der Waals surface area contributed by atoms with Crippen LogP contribution in [0.15, 0.2) is 62.0 Å². The summed E-state index contributed by atoms with van der Waals surface area (Å²) in [5.74, 6) is 0.828. The minimum Gasteiger partial charge on any atom is -0.507 e. The molecule has 3 aromatic heterocycles. The number of fused-ring (bicyclic) bond motifs is 8. The lowest BCUT2D eigenvalue weighted by Crippen LogP contribution is -2.52. The summed E-state index contributed by atoms with van der Waals surface area (Å²) in [4.78, 5) is 43.6. The Balaban J connectivity index is 0.901. The molecule has 10 rings (SSSR count). The first-order chi connectivity index (χ1) is 27.4. The smallest absolute Gasteiger partial charge is 0.341 e. The van der Waals surface area contributed by atoms with Crippen LogP contribution in [0.2, 0.25) is 0 Å². The molecule has 13 nitrogen and oxygen atoms in total. The van der Waals surface area contributed by atoms with Gasteiger partial charge in [-0.15, -0.1) is 0 Å². The van der Waals surface area contributed by atoms with Crippen LogP contribution < -0.4 is 21.6 Å². The molecule has 0 radical (unpaired) electrons. The van der Waals surface area contributed by atoms with Gasteiger partial charge in [0.25, 0.3) is 0 Å². The Morgan fingerprint density at radius 2 is 1.88 bits per heavy atom. The lowest BCUT2D eigenvalue weighted by molar-refractivity contribution is -0.170. The molecule has 4 unspecified atom stereocenters. The number of nitrogen functional groups attached to an aromatic ring is 2. The number of hydrogen-bond donors (Lipinski definition) is 3. The van der Waals surface area contributed by atoms with Gasteiger partial charge in [0, 0.05) is 59.3 Å². The number of esters is 1. The average Bonchev–Trinajstić information content (AvgIpc) is 3.53. The molecule has 2 saturated heterocycles. The Hall–Kier alpha value is -5.69. The highest BCUT2D eigenvalue weighted by molar-refractivity contribution is 5.88. The molecule has 8 heterocycles. The molecule has 0 amide bonds. The van der Waals surface area contributed by atoms with E-state index in [1.54, 1.807) is 13.0 Å². The van der Waals surface area contributed by atoms with Gasteiger partial charge in [-0.05, 0) is 101 Å². The van der Waals surface area contributed by atoms with Gasteiger partial charge in [0.2, 0.25) is 0 Å². The number of phenols is 1. The Morgan fingerprint density at radius 3 is 2.72 bits per heavy atom. The first kappa shape index (κ1) is 35.7. The third-order valence-electron chi connectivity index (χ3n) is 12.7. The minimum absolute atomic E-state index is 0.101. The fraction of sp³-hybridized carbons (Fsp3) is 0.432. The summed E-state index contributed by atoms with van der Waals surface area (Å²) >= 11 is 0. The number of anilines is 2. The number of aliphatic imine (C=N–C) groups is 1. The number of rotatable bonds is 5. The van der Waals surface area contributed by atoms with Gasteiger partial charge < -0.3 is 40.1 Å². The molecule has 1 aromatic carbocycles. The summed E-state index contributed by atoms with van der Waals surface area (Å²) in [5.41, 5.74) is 19.6. The van der Waals surface area contributed by atoms with Gasteiger partial charge in [-0.1, -0.05) is 6.42 Å². The maximum atomic E-state index is 14.3. The summed E-state index contributed by atoms with van der Waals surface area (Å²) in [5, 5.41) is 11.7. The van der Waals surface area contributed by atoms with E-state index >= 15 is 0 Å². The third kappa shape index (κ3) is 5.88. The molecular weight excluding hydrogens is 725 g/mol. The van der Waals surface area contributed by atoms with Crippen LogP contribution >= 0.6 is 0 Å². The van der Waals surface area contributed by atoms with Crippen LogP contribution in [0.4, 0.5) is 11.6 Å². The van der Waals surface area contributed by atoms with Crippen molar-refractivity contribution in [2.24, 2.45) is 4.99 Å². The highest BCUT2D eigenvalue weighted by atomic mass is 16.7. The number of carbonyl (C=O) groups excluding carboxylic acids is 1. The van der Waals surface area contributed by atoms with E-state index in [1.807, 2.05) is 32.2 Å². The van der Waals surface area contributed by atoms with Crippen molar-refractivity contribution >= 4 is 34.8 Å². The van der Waals surface area contributed by atoms with E-state index in [-0.39, 0.29) is 28.3 Å². The van der Waals surface area contributed by atoms with Crippen LogP contribution in [0.1, 0.15) is 92.0 Å². The Kier molecular flexibility index (Phi) is 8.09. The number of aromatic hydroxyl groups is 1. The van der Waals surface area contributed by atoms with Crippen molar-refractivity contribution in [3.63, 3.8) is 0 Å². The van der Waals surface area contributed by atoms with Crippen molar-refractivity contribution in [2.75, 3.05) is 18.0 Å². The second-order valence-corrected chi connectivity index (χ2v) is 17.0. The Bertz CT molecular complexity index is 2560. The summed E-state index contributed by atoms with van der Waals surface area (Å²) in [7, 11) is 0. The van der Waals surface area contributed by atoms with Gasteiger partial charge in [0.1, 0.15) is 51.6 Å². The van der Waals surface area contributed by atoms with Crippen LogP contribution in [0, 0.1) is 6.92 Å². The topological polar surface area (TPSA) is 192 Å².